The summed E-state index contributed by atoms with van der Waals surface area (Å²) in [5.74, 6) is 0. The fourth-order valence-electron chi connectivity index (χ4n) is 1.60. The minimum atomic E-state index is -0.355. The molecule has 2 rings (SSSR count). The Morgan fingerprint density at radius 2 is 2.23 bits per heavy atom. The van der Waals surface area contributed by atoms with Crippen molar-refractivity contribution in [2.45, 2.75) is 13.3 Å². The fraction of sp³-hybridized carbons (Fsp3) is 0.200. The Balaban J connectivity index is 2.53. The van der Waals surface area contributed by atoms with Crippen LogP contribution in [-0.2, 0) is 6.42 Å². The average molecular weight is 175 g/mol. The van der Waals surface area contributed by atoms with Gasteiger partial charge in [-0.3, -0.25) is 10.1 Å². The van der Waals surface area contributed by atoms with Crippen molar-refractivity contribution in [3.8, 4) is 0 Å². The van der Waals surface area contributed by atoms with Crippen LogP contribution in [0.5, 0.6) is 0 Å². The third kappa shape index (κ3) is 1.22. The van der Waals surface area contributed by atoms with E-state index < -0.39 is 0 Å². The second-order valence-electron chi connectivity index (χ2n) is 3.19. The number of fused-ring (bicyclic) bond motifs is 1. The Morgan fingerprint density at radius 1 is 1.46 bits per heavy atom. The molecule has 0 aliphatic heterocycles. The van der Waals surface area contributed by atoms with Crippen LogP contribution in [0.25, 0.3) is 5.57 Å². The van der Waals surface area contributed by atoms with E-state index >= 15 is 0 Å². The molecule has 0 bridgehead atoms. The number of non-ortho nitro benzene ring substituents is 1. The van der Waals surface area contributed by atoms with Crippen molar-refractivity contribution in [2.24, 2.45) is 0 Å². The quantitative estimate of drug-likeness (QED) is 0.486. The van der Waals surface area contributed by atoms with Crippen molar-refractivity contribution in [3.05, 3.63) is 45.5 Å². The van der Waals surface area contributed by atoms with Crippen LogP contribution in [0.3, 0.4) is 0 Å². The van der Waals surface area contributed by atoms with Gasteiger partial charge < -0.3 is 0 Å². The summed E-state index contributed by atoms with van der Waals surface area (Å²) in [7, 11) is 0. The molecule has 0 saturated heterocycles. The Morgan fingerprint density at radius 3 is 2.92 bits per heavy atom. The normalized spacial score (nSPS) is 13.8. The maximum atomic E-state index is 10.5. The zero-order valence-corrected chi connectivity index (χ0v) is 7.28. The summed E-state index contributed by atoms with van der Waals surface area (Å²) < 4.78 is 0. The van der Waals surface area contributed by atoms with Crippen molar-refractivity contribution < 1.29 is 4.92 Å². The van der Waals surface area contributed by atoms with Crippen LogP contribution in [0.4, 0.5) is 5.69 Å². The molecule has 0 atom stereocenters. The van der Waals surface area contributed by atoms with Gasteiger partial charge in [0.15, 0.2) is 0 Å². The van der Waals surface area contributed by atoms with Gasteiger partial charge in [-0.25, -0.2) is 0 Å². The fourth-order valence-corrected chi connectivity index (χ4v) is 1.60. The minimum Gasteiger partial charge on any atom is -0.258 e. The second-order valence-corrected chi connectivity index (χ2v) is 3.19. The smallest absolute Gasteiger partial charge is 0.258 e. The van der Waals surface area contributed by atoms with E-state index in [-0.39, 0.29) is 10.6 Å². The summed E-state index contributed by atoms with van der Waals surface area (Å²) >= 11 is 0. The van der Waals surface area contributed by atoms with Gasteiger partial charge in [0.2, 0.25) is 0 Å². The molecule has 3 nitrogen and oxygen atoms in total. The lowest BCUT2D eigenvalue weighted by atomic mass is 10.1. The highest BCUT2D eigenvalue weighted by Gasteiger charge is 2.14. The Bertz CT molecular complexity index is 407. The predicted molar refractivity (Wildman–Crippen MR) is 50.5 cm³/mol. The monoisotopic (exact) mass is 175 g/mol. The SMILES string of the molecule is CC1=CCc2ccc([N+](=O)[O-])cc21. The van der Waals surface area contributed by atoms with Crippen LogP contribution >= 0.6 is 0 Å². The molecule has 3 heteroatoms. The van der Waals surface area contributed by atoms with Crippen molar-refractivity contribution in [1.82, 2.24) is 0 Å². The van der Waals surface area contributed by atoms with Crippen LogP contribution in [0.15, 0.2) is 24.3 Å². The predicted octanol–water partition coefficient (Wildman–Crippen LogP) is 2.55. The van der Waals surface area contributed by atoms with Crippen LogP contribution in [0.2, 0.25) is 0 Å². The number of benzene rings is 1. The van der Waals surface area contributed by atoms with E-state index in [4.69, 9.17) is 0 Å². The van der Waals surface area contributed by atoms with E-state index in [1.807, 2.05) is 13.0 Å². The summed E-state index contributed by atoms with van der Waals surface area (Å²) in [6.45, 7) is 1.98. The van der Waals surface area contributed by atoms with E-state index in [2.05, 4.69) is 6.08 Å². The Kier molecular flexibility index (Phi) is 1.65. The number of rotatable bonds is 1. The number of nitro benzene ring substituents is 1. The molecular formula is C10H9NO2. The van der Waals surface area contributed by atoms with Crippen molar-refractivity contribution in [1.29, 1.82) is 0 Å². The highest BCUT2D eigenvalue weighted by molar-refractivity contribution is 5.73. The molecule has 0 aromatic heterocycles. The molecule has 0 spiro atoms. The van der Waals surface area contributed by atoms with Gasteiger partial charge >= 0.3 is 0 Å². The van der Waals surface area contributed by atoms with Crippen LogP contribution in [0.1, 0.15) is 18.1 Å². The molecule has 0 radical (unpaired) electrons. The van der Waals surface area contributed by atoms with Gasteiger partial charge in [-0.2, -0.15) is 0 Å². The van der Waals surface area contributed by atoms with Crippen molar-refractivity contribution in [2.75, 3.05) is 0 Å². The Hall–Kier alpha value is -1.64. The summed E-state index contributed by atoms with van der Waals surface area (Å²) in [5, 5.41) is 10.5. The highest BCUT2D eigenvalue weighted by atomic mass is 16.6. The average Bonchev–Trinajstić information content (AvgIpc) is 2.47. The molecule has 0 unspecified atom stereocenters. The highest BCUT2D eigenvalue weighted by Crippen LogP contribution is 2.29. The third-order valence-corrected chi connectivity index (χ3v) is 2.36. The lowest BCUT2D eigenvalue weighted by Crippen LogP contribution is -1.90. The topological polar surface area (TPSA) is 43.1 Å². The molecule has 1 aromatic rings. The lowest BCUT2D eigenvalue weighted by molar-refractivity contribution is -0.384. The zero-order valence-electron chi connectivity index (χ0n) is 7.28. The molecule has 1 aliphatic rings. The zero-order chi connectivity index (χ0) is 9.42. The Labute approximate surface area is 75.8 Å². The van der Waals surface area contributed by atoms with E-state index in [0.29, 0.717) is 0 Å². The number of nitro groups is 1. The molecule has 13 heavy (non-hydrogen) atoms. The van der Waals surface area contributed by atoms with Gasteiger partial charge in [0.1, 0.15) is 0 Å². The van der Waals surface area contributed by atoms with Crippen LogP contribution in [0, 0.1) is 10.1 Å². The van der Waals surface area contributed by atoms with Crippen LogP contribution < -0.4 is 0 Å². The van der Waals surface area contributed by atoms with E-state index in [1.165, 1.54) is 5.56 Å². The number of allylic oxidation sites excluding steroid dienone is 2. The first-order valence-corrected chi connectivity index (χ1v) is 4.13. The van der Waals surface area contributed by atoms with E-state index in [0.717, 1.165) is 17.6 Å². The van der Waals surface area contributed by atoms with Gasteiger partial charge in [-0.1, -0.05) is 12.1 Å². The first-order chi connectivity index (χ1) is 6.18. The maximum Gasteiger partial charge on any atom is 0.270 e. The minimum absolute atomic E-state index is 0.174. The van der Waals surface area contributed by atoms with Crippen molar-refractivity contribution in [3.63, 3.8) is 0 Å². The number of hydrogen-bond donors (Lipinski definition) is 0. The van der Waals surface area contributed by atoms with Gasteiger partial charge in [0.05, 0.1) is 4.92 Å². The van der Waals surface area contributed by atoms with Gasteiger partial charge in [-0.15, -0.1) is 0 Å². The lowest BCUT2D eigenvalue weighted by Gasteiger charge is -1.99. The largest absolute Gasteiger partial charge is 0.270 e. The first kappa shape index (κ1) is 7.98. The van der Waals surface area contributed by atoms with Gasteiger partial charge in [0.25, 0.3) is 5.69 Å². The maximum absolute atomic E-state index is 10.5. The molecular weight excluding hydrogens is 166 g/mol. The van der Waals surface area contributed by atoms with Crippen molar-refractivity contribution >= 4 is 11.3 Å². The summed E-state index contributed by atoms with van der Waals surface area (Å²) in [6.07, 6.45) is 2.99. The molecule has 0 amide bonds. The standard InChI is InChI=1S/C10H9NO2/c1-7-2-3-8-4-5-9(11(12)13)6-10(7)8/h2,4-6H,3H2,1H3. The van der Waals surface area contributed by atoms with Crippen LogP contribution in [-0.4, -0.2) is 4.92 Å². The molecule has 0 heterocycles. The van der Waals surface area contributed by atoms with Gasteiger partial charge in [-0.05, 0) is 30.0 Å². The molecule has 0 fully saturated rings. The number of hydrogen-bond acceptors (Lipinski definition) is 2. The molecule has 66 valence electrons. The summed E-state index contributed by atoms with van der Waals surface area (Å²) in [5.41, 5.74) is 3.52. The number of nitrogens with zero attached hydrogens (tertiary/aromatic N) is 1. The molecule has 1 aromatic carbocycles. The summed E-state index contributed by atoms with van der Waals surface area (Å²) in [4.78, 5) is 10.1. The van der Waals surface area contributed by atoms with E-state index in [9.17, 15) is 10.1 Å². The third-order valence-electron chi connectivity index (χ3n) is 2.36. The van der Waals surface area contributed by atoms with Gasteiger partial charge in [0, 0.05) is 12.1 Å². The molecule has 1 aliphatic carbocycles. The summed E-state index contributed by atoms with van der Waals surface area (Å²) in [6, 6.07) is 5.04. The molecule has 0 saturated carbocycles. The first-order valence-electron chi connectivity index (χ1n) is 4.13. The molecule has 0 N–H and O–H groups in total. The van der Waals surface area contributed by atoms with E-state index in [1.54, 1.807) is 12.1 Å². The second kappa shape index (κ2) is 2.69.